The van der Waals surface area contributed by atoms with Crippen molar-refractivity contribution in [3.63, 3.8) is 0 Å². The highest BCUT2D eigenvalue weighted by molar-refractivity contribution is 6.20. The Bertz CT molecular complexity index is 267. The molecule has 0 aromatic carbocycles. The predicted molar refractivity (Wildman–Crippen MR) is 57.6 cm³/mol. The van der Waals surface area contributed by atoms with Gasteiger partial charge in [0, 0.05) is 5.38 Å². The summed E-state index contributed by atoms with van der Waals surface area (Å²) in [6.07, 6.45) is 6.67. The summed E-state index contributed by atoms with van der Waals surface area (Å²) in [5.41, 5.74) is 0.541. The van der Waals surface area contributed by atoms with Crippen molar-refractivity contribution in [2.75, 3.05) is 0 Å². The van der Waals surface area contributed by atoms with E-state index in [0.29, 0.717) is 16.9 Å². The fourth-order valence-corrected chi connectivity index (χ4v) is 4.85. The Hall–Kier alpha value is 0.250. The van der Waals surface area contributed by atoms with Gasteiger partial charge in [0.2, 0.25) is 0 Å². The summed E-state index contributed by atoms with van der Waals surface area (Å²) in [7, 11) is 0. The molecule has 0 amide bonds. The number of hydrogen-bond donors (Lipinski definition) is 0. The van der Waals surface area contributed by atoms with E-state index in [9.17, 15) is 0 Å². The van der Waals surface area contributed by atoms with Crippen LogP contribution in [0.5, 0.6) is 0 Å². The highest BCUT2D eigenvalue weighted by Gasteiger charge is 2.63. The van der Waals surface area contributed by atoms with Crippen LogP contribution in [0, 0.1) is 11.3 Å². The van der Waals surface area contributed by atoms with E-state index in [-0.39, 0.29) is 5.60 Å². The van der Waals surface area contributed by atoms with Crippen LogP contribution in [0.1, 0.15) is 46.0 Å². The van der Waals surface area contributed by atoms with Crippen LogP contribution >= 0.6 is 11.6 Å². The average Bonchev–Trinajstić information content (AvgIpc) is 2.52. The van der Waals surface area contributed by atoms with E-state index < -0.39 is 0 Å². The molecule has 1 nitrogen and oxygen atoms in total. The van der Waals surface area contributed by atoms with E-state index in [1.165, 1.54) is 19.3 Å². The lowest BCUT2D eigenvalue weighted by molar-refractivity contribution is -0.0870. The van der Waals surface area contributed by atoms with E-state index in [4.69, 9.17) is 16.3 Å². The van der Waals surface area contributed by atoms with Crippen LogP contribution < -0.4 is 0 Å². The third-order valence-electron chi connectivity index (χ3n) is 4.99. The van der Waals surface area contributed by atoms with Gasteiger partial charge in [-0.15, -0.1) is 11.6 Å². The maximum absolute atomic E-state index is 6.33. The molecular formula is C12H19ClO. The molecule has 2 bridgehead atoms. The molecule has 1 aliphatic carbocycles. The molecule has 5 atom stereocenters. The summed E-state index contributed by atoms with van der Waals surface area (Å²) in [4.78, 5) is 0. The van der Waals surface area contributed by atoms with Crippen molar-refractivity contribution in [1.29, 1.82) is 0 Å². The first-order chi connectivity index (χ1) is 6.55. The highest BCUT2D eigenvalue weighted by atomic mass is 35.5. The largest absolute Gasteiger partial charge is 0.371 e. The summed E-state index contributed by atoms with van der Waals surface area (Å²) >= 11 is 6.33. The van der Waals surface area contributed by atoms with Gasteiger partial charge in [0.05, 0.1) is 11.7 Å². The first-order valence-corrected chi connectivity index (χ1v) is 6.30. The number of rotatable bonds is 0. The Morgan fingerprint density at radius 1 is 1.36 bits per heavy atom. The highest BCUT2D eigenvalue weighted by Crippen LogP contribution is 2.63. The number of fused-ring (bicyclic) bond motifs is 5. The van der Waals surface area contributed by atoms with Gasteiger partial charge in [-0.05, 0) is 43.9 Å². The molecule has 2 saturated heterocycles. The first kappa shape index (κ1) is 9.47. The van der Waals surface area contributed by atoms with Gasteiger partial charge in [-0.3, -0.25) is 0 Å². The van der Waals surface area contributed by atoms with Gasteiger partial charge in [-0.1, -0.05) is 13.3 Å². The topological polar surface area (TPSA) is 9.23 Å². The molecule has 3 fully saturated rings. The molecular weight excluding hydrogens is 196 g/mol. The molecule has 0 aromatic rings. The standard InChI is InChI=1S/C12H19ClO/c1-11-5-3-4-9(11)12(2)7-8(13)6-10(11)14-12/h8-10H,3-7H2,1-2H3. The normalized spacial score (nSPS) is 61.5. The average molecular weight is 215 g/mol. The third kappa shape index (κ3) is 1.01. The van der Waals surface area contributed by atoms with Crippen LogP contribution in [0.25, 0.3) is 0 Å². The van der Waals surface area contributed by atoms with Gasteiger partial charge in [0.25, 0.3) is 0 Å². The lowest BCUT2D eigenvalue weighted by atomic mass is 9.72. The molecule has 5 unspecified atom stereocenters. The minimum atomic E-state index is 0.0978. The zero-order valence-electron chi connectivity index (χ0n) is 9.05. The summed E-state index contributed by atoms with van der Waals surface area (Å²) in [6.45, 7) is 4.71. The van der Waals surface area contributed by atoms with Crippen LogP contribution in [0.3, 0.4) is 0 Å². The summed E-state index contributed by atoms with van der Waals surface area (Å²) in [5, 5.41) is 0.348. The lowest BCUT2D eigenvalue weighted by Crippen LogP contribution is -2.38. The second-order valence-electron chi connectivity index (χ2n) is 5.91. The SMILES string of the molecule is CC12CC(Cl)CC(O1)C1(C)CCCC21. The third-order valence-corrected chi connectivity index (χ3v) is 5.32. The van der Waals surface area contributed by atoms with Gasteiger partial charge in [-0.25, -0.2) is 0 Å². The first-order valence-electron chi connectivity index (χ1n) is 5.86. The fraction of sp³-hybridized carbons (Fsp3) is 1.00. The van der Waals surface area contributed by atoms with E-state index in [1.54, 1.807) is 0 Å². The Kier molecular flexibility index (Phi) is 1.81. The Morgan fingerprint density at radius 2 is 2.14 bits per heavy atom. The van der Waals surface area contributed by atoms with Crippen LogP contribution in [0.2, 0.25) is 0 Å². The number of halogens is 1. The molecule has 2 heteroatoms. The fourth-order valence-electron chi connectivity index (χ4n) is 4.38. The minimum absolute atomic E-state index is 0.0978. The molecule has 14 heavy (non-hydrogen) atoms. The van der Waals surface area contributed by atoms with Crippen molar-refractivity contribution in [2.24, 2.45) is 11.3 Å². The maximum Gasteiger partial charge on any atom is 0.0706 e. The van der Waals surface area contributed by atoms with Gasteiger partial charge < -0.3 is 4.74 Å². The molecule has 3 aliphatic rings. The lowest BCUT2D eigenvalue weighted by Gasteiger charge is -2.35. The van der Waals surface area contributed by atoms with Crippen molar-refractivity contribution >= 4 is 11.6 Å². The van der Waals surface area contributed by atoms with E-state index in [2.05, 4.69) is 13.8 Å². The zero-order valence-corrected chi connectivity index (χ0v) is 9.81. The smallest absolute Gasteiger partial charge is 0.0706 e. The molecule has 0 radical (unpaired) electrons. The minimum Gasteiger partial charge on any atom is -0.371 e. The molecule has 2 aliphatic heterocycles. The van der Waals surface area contributed by atoms with E-state index in [0.717, 1.165) is 18.8 Å². The Balaban J connectivity index is 2.01. The second kappa shape index (κ2) is 2.68. The quantitative estimate of drug-likeness (QED) is 0.562. The molecule has 0 aromatic heterocycles. The molecule has 0 spiro atoms. The maximum atomic E-state index is 6.33. The number of ether oxygens (including phenoxy) is 1. The van der Waals surface area contributed by atoms with Crippen molar-refractivity contribution in [1.82, 2.24) is 0 Å². The summed E-state index contributed by atoms with van der Waals surface area (Å²) < 4.78 is 6.24. The molecule has 80 valence electrons. The summed E-state index contributed by atoms with van der Waals surface area (Å²) in [5.74, 6) is 0.767. The van der Waals surface area contributed by atoms with Crippen LogP contribution in [0.15, 0.2) is 0 Å². The molecule has 3 rings (SSSR count). The van der Waals surface area contributed by atoms with Gasteiger partial charge in [0.15, 0.2) is 0 Å². The zero-order chi connectivity index (χ0) is 9.97. The van der Waals surface area contributed by atoms with Crippen molar-refractivity contribution in [3.8, 4) is 0 Å². The Morgan fingerprint density at radius 3 is 2.93 bits per heavy atom. The van der Waals surface area contributed by atoms with Gasteiger partial charge in [-0.2, -0.15) is 0 Å². The van der Waals surface area contributed by atoms with Crippen molar-refractivity contribution in [3.05, 3.63) is 0 Å². The van der Waals surface area contributed by atoms with Crippen LogP contribution in [-0.2, 0) is 4.74 Å². The van der Waals surface area contributed by atoms with Crippen LogP contribution in [-0.4, -0.2) is 17.1 Å². The molecule has 2 heterocycles. The van der Waals surface area contributed by atoms with Gasteiger partial charge in [0.1, 0.15) is 0 Å². The van der Waals surface area contributed by atoms with Crippen LogP contribution in [0.4, 0.5) is 0 Å². The van der Waals surface area contributed by atoms with E-state index >= 15 is 0 Å². The second-order valence-corrected chi connectivity index (χ2v) is 6.52. The summed E-state index contributed by atoms with van der Waals surface area (Å²) in [6, 6.07) is 0. The monoisotopic (exact) mass is 214 g/mol. The number of alkyl halides is 1. The Labute approximate surface area is 91.2 Å². The predicted octanol–water partition coefficient (Wildman–Crippen LogP) is 3.35. The van der Waals surface area contributed by atoms with Gasteiger partial charge >= 0.3 is 0 Å². The molecule has 0 N–H and O–H groups in total. The van der Waals surface area contributed by atoms with Crippen molar-refractivity contribution in [2.45, 2.75) is 63.0 Å². The van der Waals surface area contributed by atoms with E-state index in [1.807, 2.05) is 0 Å². The molecule has 1 saturated carbocycles. The van der Waals surface area contributed by atoms with Crippen molar-refractivity contribution < 1.29 is 4.74 Å². The number of hydrogen-bond acceptors (Lipinski definition) is 1.